The molecule has 319 valence electrons. The van der Waals surface area contributed by atoms with Crippen LogP contribution in [0.5, 0.6) is 0 Å². The van der Waals surface area contributed by atoms with Gasteiger partial charge in [0.15, 0.2) is 0 Å². The van der Waals surface area contributed by atoms with E-state index < -0.39 is 32.4 Å². The fraction of sp³-hybridized carbons (Fsp3) is 0.241. The molecule has 5 aromatic heterocycles. The zero-order valence-electron chi connectivity index (χ0n) is 40.8. The Morgan fingerprint density at radius 1 is 0.841 bits per heavy atom. The number of furan rings is 2. The Kier molecular flexibility index (Phi) is 10.2. The van der Waals surface area contributed by atoms with Gasteiger partial charge in [0.25, 0.3) is 0 Å². The van der Waals surface area contributed by atoms with Gasteiger partial charge in [-0.05, 0) is 55.8 Å². The second-order valence-corrected chi connectivity index (χ2v) is 28.0. The Morgan fingerprint density at radius 2 is 1.65 bits per heavy atom. The maximum atomic E-state index is 13.9. The van der Waals surface area contributed by atoms with Gasteiger partial charge in [0.1, 0.15) is 11.2 Å². The summed E-state index contributed by atoms with van der Waals surface area (Å²) in [7, 11) is 0. The van der Waals surface area contributed by atoms with Crippen LogP contribution >= 0.6 is 0 Å². The minimum Gasteiger partial charge on any atom is 0 e. The second-order valence-electron chi connectivity index (χ2n) is 17.4. The first-order valence-electron chi connectivity index (χ1n) is 23.8. The molecule has 0 amide bonds. The van der Waals surface area contributed by atoms with Crippen LogP contribution in [-0.2, 0) is 26.5 Å². The number of benzene rings is 5. The summed E-state index contributed by atoms with van der Waals surface area (Å²) < 4.78 is 70.3. The van der Waals surface area contributed by atoms with Gasteiger partial charge in [0.2, 0.25) is 11.7 Å². The van der Waals surface area contributed by atoms with Gasteiger partial charge in [-0.25, -0.2) is 0 Å². The average molecular weight is 1070 g/mol. The van der Waals surface area contributed by atoms with Crippen molar-refractivity contribution in [3.05, 3.63) is 150 Å². The molecule has 0 bridgehead atoms. The predicted octanol–water partition coefficient (Wildman–Crippen LogP) is 14.0. The van der Waals surface area contributed by atoms with Gasteiger partial charge in [-0.1, -0.05) is 41.3 Å². The van der Waals surface area contributed by atoms with E-state index in [0.29, 0.717) is 28.2 Å². The van der Waals surface area contributed by atoms with Crippen molar-refractivity contribution < 1.29 is 40.2 Å². The Bertz CT molecular complexity index is 3520. The van der Waals surface area contributed by atoms with Crippen molar-refractivity contribution in [1.29, 1.82) is 0 Å². The Hall–Kier alpha value is -5.41. The number of halogens is 1. The normalized spacial score (nSPS) is 15.1. The third kappa shape index (κ3) is 8.07. The van der Waals surface area contributed by atoms with Crippen LogP contribution in [0.25, 0.3) is 83.4 Å². The minimum atomic E-state index is -2.35. The summed E-state index contributed by atoms with van der Waals surface area (Å²) in [5.74, 6) is 6.95. The summed E-state index contributed by atoms with van der Waals surface area (Å²) in [5.41, 5.74) is 10.5. The maximum absolute atomic E-state index is 13.9. The van der Waals surface area contributed by atoms with Crippen LogP contribution in [0.2, 0.25) is 17.3 Å². The van der Waals surface area contributed by atoms with E-state index in [1.807, 2.05) is 60.8 Å². The molecule has 1 radical (unpaired) electrons. The van der Waals surface area contributed by atoms with E-state index in [0.717, 1.165) is 96.2 Å². The van der Waals surface area contributed by atoms with Gasteiger partial charge in [0, 0.05) is 47.5 Å². The third-order valence-electron chi connectivity index (χ3n) is 12.1. The van der Waals surface area contributed by atoms with Crippen LogP contribution < -0.4 is 4.40 Å². The second kappa shape index (κ2) is 17.3. The van der Waals surface area contributed by atoms with E-state index in [-0.39, 0.29) is 37.3 Å². The maximum Gasteiger partial charge on any atom is 0 e. The standard InChI is InChI=1S/C32H19FN3O2.C22H30GeN.Ir/c1-17-16-23-19-8-3-6-13-26(19)37-29(23)18(2)28(17)36-25-12-5-4-11-24(25)34-31(36)22-10-7-9-20-21-14-15-27(33)35-32(21)38-30(20)22;1-17-10-12-19(13-11-17)22-15-20(14-18-8-6-5-7-9-18)21(16-24-22)23(2,3)4;/h3-9,11-16H,1-2H3;10-12,15-16,18H,5-9,14H2,1-4H3;/q2*-1;/i;1D3,14D2;. The van der Waals surface area contributed by atoms with Gasteiger partial charge in [-0.15, -0.1) is 18.2 Å². The summed E-state index contributed by atoms with van der Waals surface area (Å²) in [6.07, 6.45) is 5.74. The number of para-hydroxylation sites is 3. The summed E-state index contributed by atoms with van der Waals surface area (Å²) in [6.45, 7) is 2.04. The smallest absolute Gasteiger partial charge is 0 e. The first kappa shape index (κ1) is 37.0. The molecule has 9 heteroatoms. The number of rotatable bonds is 6. The number of pyridine rings is 2. The molecule has 10 aromatic rings. The van der Waals surface area contributed by atoms with Crippen molar-refractivity contribution in [3.63, 3.8) is 0 Å². The van der Waals surface area contributed by atoms with Crippen LogP contribution in [0.4, 0.5) is 4.39 Å². The van der Waals surface area contributed by atoms with Crippen molar-refractivity contribution in [3.8, 4) is 28.3 Å². The summed E-state index contributed by atoms with van der Waals surface area (Å²) >= 11 is -2.35. The molecular formula is C54H49FGeIrN4O2-2. The molecule has 0 aliphatic heterocycles. The molecule has 1 aliphatic carbocycles. The minimum absolute atomic E-state index is 0. The van der Waals surface area contributed by atoms with E-state index in [1.165, 1.54) is 18.6 Å². The van der Waals surface area contributed by atoms with Crippen molar-refractivity contribution in [2.75, 3.05) is 0 Å². The van der Waals surface area contributed by atoms with E-state index in [2.05, 4.69) is 76.0 Å². The quantitative estimate of drug-likeness (QED) is 0.0943. The van der Waals surface area contributed by atoms with Crippen molar-refractivity contribution in [1.82, 2.24) is 19.5 Å². The van der Waals surface area contributed by atoms with E-state index in [4.69, 9.17) is 20.7 Å². The topological polar surface area (TPSA) is 69.9 Å². The number of nitrogens with zero attached hydrogens (tertiary/aromatic N) is 4. The summed E-state index contributed by atoms with van der Waals surface area (Å²) in [4.78, 5) is 13.7. The molecule has 5 aromatic carbocycles. The molecule has 1 saturated carbocycles. The number of hydrogen-bond acceptors (Lipinski definition) is 5. The summed E-state index contributed by atoms with van der Waals surface area (Å²) in [6, 6.07) is 38.2. The average Bonchev–Trinajstić information content (AvgIpc) is 4.00. The van der Waals surface area contributed by atoms with Crippen LogP contribution in [-0.4, -0.2) is 32.8 Å². The molecule has 0 N–H and O–H groups in total. The molecule has 0 atom stereocenters. The van der Waals surface area contributed by atoms with Gasteiger partial charge < -0.3 is 13.4 Å². The van der Waals surface area contributed by atoms with E-state index >= 15 is 0 Å². The number of aryl methyl sites for hydroxylation is 3. The van der Waals surface area contributed by atoms with Crippen LogP contribution in [0.3, 0.4) is 0 Å². The van der Waals surface area contributed by atoms with Crippen molar-refractivity contribution in [2.45, 2.75) is 76.4 Å². The predicted molar refractivity (Wildman–Crippen MR) is 254 cm³/mol. The third-order valence-corrected chi connectivity index (χ3v) is 16.3. The van der Waals surface area contributed by atoms with Gasteiger partial charge in [0.05, 0.1) is 22.4 Å². The fourth-order valence-corrected chi connectivity index (χ4v) is 12.0. The molecule has 6 nitrogen and oxygen atoms in total. The molecule has 5 heterocycles. The molecule has 1 fully saturated rings. The Labute approximate surface area is 390 Å². The molecule has 0 saturated heterocycles. The number of imidazole rings is 1. The zero-order chi connectivity index (χ0) is 47.0. The summed E-state index contributed by atoms with van der Waals surface area (Å²) in [5, 5.41) is 3.76. The molecule has 11 rings (SSSR count). The number of aromatic nitrogens is 4. The zero-order valence-corrected chi connectivity index (χ0v) is 40.3. The number of fused-ring (bicyclic) bond motifs is 7. The Balaban J connectivity index is 0.000000174. The van der Waals surface area contributed by atoms with E-state index in [9.17, 15) is 4.39 Å². The van der Waals surface area contributed by atoms with Crippen molar-refractivity contribution in [2.24, 2.45) is 5.92 Å². The molecule has 1 aliphatic rings. The van der Waals surface area contributed by atoms with Crippen LogP contribution in [0.15, 0.2) is 118 Å². The SMILES string of the molecule is Cc1cc2c(oc3ccccc32)c(C)c1-n1c(-c2[c-]ccc3c2oc2nc(F)ccc23)nc2ccccc21.[2H]C([2H])([2H])c1c[c-]c(-c2cc(C([2H])([2H])C3CCCCC3)[c]([Ge]([CH3])([CH3])[CH3])cn2)cc1.[Ir]. The molecule has 0 spiro atoms. The van der Waals surface area contributed by atoms with Gasteiger partial charge in [-0.2, -0.15) is 9.37 Å². The fourth-order valence-electron chi connectivity index (χ4n) is 9.08. The molecule has 63 heavy (non-hydrogen) atoms. The van der Waals surface area contributed by atoms with Crippen molar-refractivity contribution >= 4 is 72.7 Å². The van der Waals surface area contributed by atoms with Gasteiger partial charge >= 0.3 is 157 Å². The molecule has 0 unspecified atom stereocenters. The molecular weight excluding hydrogens is 1020 g/mol. The first-order valence-corrected chi connectivity index (χ1v) is 28.7. The van der Waals surface area contributed by atoms with E-state index in [1.54, 1.807) is 18.2 Å². The monoisotopic (exact) mass is 1080 g/mol. The largest absolute Gasteiger partial charge is 0 e. The van der Waals surface area contributed by atoms with Crippen LogP contribution in [0.1, 0.15) is 61.2 Å². The van der Waals surface area contributed by atoms with Gasteiger partial charge in [-0.3, -0.25) is 4.98 Å². The van der Waals surface area contributed by atoms with Crippen LogP contribution in [0, 0.1) is 44.7 Å². The first-order chi connectivity index (χ1) is 32.0. The number of hydrogen-bond donors (Lipinski definition) is 0. The Morgan fingerprint density at radius 3 is 2.44 bits per heavy atom.